The molecule has 0 saturated carbocycles. The maximum Gasteiger partial charge on any atom is 0.228 e. The fourth-order valence-corrected chi connectivity index (χ4v) is 2.97. The molecule has 0 bridgehead atoms. The van der Waals surface area contributed by atoms with Gasteiger partial charge in [0.2, 0.25) is 11.8 Å². The number of carbonyl (C=O) groups excluding carboxylic acids is 1. The van der Waals surface area contributed by atoms with Gasteiger partial charge in [0, 0.05) is 44.3 Å². The summed E-state index contributed by atoms with van der Waals surface area (Å²) in [5.41, 5.74) is 1.64. The van der Waals surface area contributed by atoms with Crippen molar-refractivity contribution in [3.63, 3.8) is 0 Å². The van der Waals surface area contributed by atoms with Gasteiger partial charge < -0.3 is 13.8 Å². The highest BCUT2D eigenvalue weighted by Crippen LogP contribution is 2.26. The predicted octanol–water partition coefficient (Wildman–Crippen LogP) is 2.90. The number of amides is 1. The average molecular weight is 359 g/mol. The summed E-state index contributed by atoms with van der Waals surface area (Å²) < 4.78 is 10.8. The van der Waals surface area contributed by atoms with Crippen molar-refractivity contribution in [3.8, 4) is 11.5 Å². The lowest BCUT2D eigenvalue weighted by molar-refractivity contribution is -0.132. The summed E-state index contributed by atoms with van der Waals surface area (Å²) in [5, 5.41) is 3.91. The number of carbonyl (C=O) groups is 1. The Morgan fingerprint density at radius 2 is 2.32 bits per heavy atom. The largest absolute Gasteiger partial charge is 0.441 e. The first-order valence-electron chi connectivity index (χ1n) is 7.97. The van der Waals surface area contributed by atoms with Crippen LogP contribution in [0.25, 0.3) is 11.5 Å². The van der Waals surface area contributed by atoms with E-state index in [0.717, 1.165) is 17.0 Å². The van der Waals surface area contributed by atoms with Crippen LogP contribution in [0.2, 0.25) is 5.15 Å². The van der Waals surface area contributed by atoms with Crippen molar-refractivity contribution < 1.29 is 13.7 Å². The molecule has 0 atom stereocenters. The van der Waals surface area contributed by atoms with Crippen LogP contribution in [-0.2, 0) is 24.2 Å². The van der Waals surface area contributed by atoms with E-state index in [1.807, 2.05) is 12.1 Å². The zero-order chi connectivity index (χ0) is 17.2. The van der Waals surface area contributed by atoms with Crippen LogP contribution in [0.1, 0.15) is 23.6 Å². The molecule has 1 aliphatic rings. The Hall–Kier alpha value is -2.67. The lowest BCUT2D eigenvalue weighted by Gasteiger charge is -2.25. The average Bonchev–Trinajstić information content (AvgIpc) is 3.25. The summed E-state index contributed by atoms with van der Waals surface area (Å²) in [6.45, 7) is 1.07. The van der Waals surface area contributed by atoms with Crippen LogP contribution in [0.15, 0.2) is 39.5 Å². The zero-order valence-electron chi connectivity index (χ0n) is 13.3. The van der Waals surface area contributed by atoms with Gasteiger partial charge >= 0.3 is 0 Å². The Morgan fingerprint density at radius 3 is 3.08 bits per heavy atom. The van der Waals surface area contributed by atoms with Gasteiger partial charge in [0.1, 0.15) is 17.2 Å². The molecule has 0 spiro atoms. The SMILES string of the molecule is O=C(CCc1cc(Cl)no1)N1CCc2oc(-c3cccnc3)nc2C1. The van der Waals surface area contributed by atoms with Crippen LogP contribution in [-0.4, -0.2) is 32.5 Å². The summed E-state index contributed by atoms with van der Waals surface area (Å²) in [4.78, 5) is 22.8. The number of nitrogens with zero attached hydrogens (tertiary/aromatic N) is 4. The molecule has 7 nitrogen and oxygen atoms in total. The van der Waals surface area contributed by atoms with E-state index in [2.05, 4.69) is 15.1 Å². The Balaban J connectivity index is 1.42. The van der Waals surface area contributed by atoms with Gasteiger partial charge in [-0.15, -0.1) is 0 Å². The zero-order valence-corrected chi connectivity index (χ0v) is 14.1. The fraction of sp³-hybridized carbons (Fsp3) is 0.294. The molecule has 4 heterocycles. The van der Waals surface area contributed by atoms with E-state index in [4.69, 9.17) is 20.5 Å². The van der Waals surface area contributed by atoms with Gasteiger partial charge in [0.15, 0.2) is 5.15 Å². The number of pyridine rings is 1. The van der Waals surface area contributed by atoms with Gasteiger partial charge in [-0.1, -0.05) is 16.8 Å². The van der Waals surface area contributed by atoms with E-state index in [1.54, 1.807) is 23.4 Å². The molecule has 128 valence electrons. The van der Waals surface area contributed by atoms with Crippen LogP contribution in [0.3, 0.4) is 0 Å². The smallest absolute Gasteiger partial charge is 0.228 e. The molecule has 1 amide bonds. The number of oxazole rings is 1. The highest BCUT2D eigenvalue weighted by Gasteiger charge is 2.25. The third-order valence-electron chi connectivity index (χ3n) is 4.10. The number of rotatable bonds is 4. The fourth-order valence-electron chi connectivity index (χ4n) is 2.82. The molecule has 4 rings (SSSR count). The van der Waals surface area contributed by atoms with Gasteiger partial charge in [0.25, 0.3) is 0 Å². The van der Waals surface area contributed by atoms with Gasteiger partial charge in [-0.2, -0.15) is 0 Å². The van der Waals surface area contributed by atoms with Gasteiger partial charge in [-0.3, -0.25) is 9.78 Å². The van der Waals surface area contributed by atoms with Crippen molar-refractivity contribution in [1.29, 1.82) is 0 Å². The molecule has 1 aliphatic heterocycles. The van der Waals surface area contributed by atoms with Crippen LogP contribution in [0, 0.1) is 0 Å². The molecule has 0 fully saturated rings. The third kappa shape index (κ3) is 3.41. The first-order chi connectivity index (χ1) is 12.2. The minimum atomic E-state index is 0.0455. The lowest BCUT2D eigenvalue weighted by Crippen LogP contribution is -2.35. The second kappa shape index (κ2) is 6.68. The second-order valence-electron chi connectivity index (χ2n) is 5.81. The standard InChI is InChI=1S/C17H15ClN4O3/c18-15-8-12(25-21-15)3-4-16(23)22-7-5-14-13(10-22)20-17(24-14)11-2-1-6-19-9-11/h1-2,6,8-9H,3-5,7,10H2. The normalized spacial score (nSPS) is 13.7. The first-order valence-corrected chi connectivity index (χ1v) is 8.34. The summed E-state index contributed by atoms with van der Waals surface area (Å²) in [7, 11) is 0. The molecule has 8 heteroatoms. The van der Waals surface area contributed by atoms with Crippen LogP contribution >= 0.6 is 11.6 Å². The monoisotopic (exact) mass is 358 g/mol. The highest BCUT2D eigenvalue weighted by atomic mass is 35.5. The van der Waals surface area contributed by atoms with E-state index in [0.29, 0.717) is 49.2 Å². The third-order valence-corrected chi connectivity index (χ3v) is 4.28. The molecule has 0 aromatic carbocycles. The van der Waals surface area contributed by atoms with Crippen LogP contribution < -0.4 is 0 Å². The van der Waals surface area contributed by atoms with E-state index >= 15 is 0 Å². The van der Waals surface area contributed by atoms with Crippen molar-refractivity contribution in [3.05, 3.63) is 53.0 Å². The first kappa shape index (κ1) is 15.8. The number of aryl methyl sites for hydroxylation is 1. The summed E-state index contributed by atoms with van der Waals surface area (Å²) in [6.07, 6.45) is 4.88. The molecular formula is C17H15ClN4O3. The molecule has 3 aromatic heterocycles. The minimum absolute atomic E-state index is 0.0455. The Labute approximate surface area is 148 Å². The summed E-state index contributed by atoms with van der Waals surface area (Å²) >= 11 is 5.71. The maximum absolute atomic E-state index is 12.4. The molecule has 0 unspecified atom stereocenters. The number of halogens is 1. The van der Waals surface area contributed by atoms with E-state index in [1.165, 1.54) is 0 Å². The van der Waals surface area contributed by atoms with Crippen molar-refractivity contribution in [2.24, 2.45) is 0 Å². The van der Waals surface area contributed by atoms with Crippen LogP contribution in [0.5, 0.6) is 0 Å². The van der Waals surface area contributed by atoms with E-state index in [-0.39, 0.29) is 5.91 Å². The quantitative estimate of drug-likeness (QED) is 0.712. The number of fused-ring (bicyclic) bond motifs is 1. The lowest BCUT2D eigenvalue weighted by atomic mass is 10.1. The molecule has 0 saturated heterocycles. The number of hydrogen-bond donors (Lipinski definition) is 0. The van der Waals surface area contributed by atoms with Crippen LogP contribution in [0.4, 0.5) is 0 Å². The molecule has 0 N–H and O–H groups in total. The van der Waals surface area contributed by atoms with Crippen molar-refractivity contribution in [2.45, 2.75) is 25.8 Å². The van der Waals surface area contributed by atoms with Gasteiger partial charge in [-0.25, -0.2) is 4.98 Å². The topological polar surface area (TPSA) is 85.3 Å². The molecular weight excluding hydrogens is 344 g/mol. The maximum atomic E-state index is 12.4. The van der Waals surface area contributed by atoms with Crippen molar-refractivity contribution >= 4 is 17.5 Å². The Morgan fingerprint density at radius 1 is 1.40 bits per heavy atom. The van der Waals surface area contributed by atoms with Gasteiger partial charge in [0.05, 0.1) is 12.1 Å². The summed E-state index contributed by atoms with van der Waals surface area (Å²) in [6, 6.07) is 5.36. The molecule has 0 radical (unpaired) electrons. The molecule has 25 heavy (non-hydrogen) atoms. The molecule has 0 aliphatic carbocycles. The minimum Gasteiger partial charge on any atom is -0.441 e. The second-order valence-corrected chi connectivity index (χ2v) is 6.20. The number of hydrogen-bond acceptors (Lipinski definition) is 6. The van der Waals surface area contributed by atoms with E-state index < -0.39 is 0 Å². The summed E-state index contributed by atoms with van der Waals surface area (Å²) in [5.74, 6) is 2.04. The molecule has 3 aromatic rings. The highest BCUT2D eigenvalue weighted by molar-refractivity contribution is 6.29. The van der Waals surface area contributed by atoms with E-state index in [9.17, 15) is 4.79 Å². The predicted molar refractivity (Wildman–Crippen MR) is 88.7 cm³/mol. The number of aromatic nitrogens is 3. The van der Waals surface area contributed by atoms with Gasteiger partial charge in [-0.05, 0) is 12.1 Å². The van der Waals surface area contributed by atoms with Crippen molar-refractivity contribution in [2.75, 3.05) is 6.54 Å². The Bertz CT molecular complexity index is 890. The van der Waals surface area contributed by atoms with Crippen molar-refractivity contribution in [1.82, 2.24) is 20.0 Å². The Kier molecular flexibility index (Phi) is 4.23.